The molecule has 0 unspecified atom stereocenters. The van der Waals surface area contributed by atoms with Gasteiger partial charge in [-0.05, 0) is 42.5 Å². The molecular weight excluding hydrogens is 270 g/mol. The van der Waals surface area contributed by atoms with Crippen molar-refractivity contribution in [3.63, 3.8) is 0 Å². The molecule has 3 rings (SSSR count). The summed E-state index contributed by atoms with van der Waals surface area (Å²) >= 11 is 1.50. The number of rotatable bonds is 2. The minimum atomic E-state index is 0.0382. The highest BCUT2D eigenvalue weighted by Crippen LogP contribution is 2.26. The number of thioether (sulfide) groups is 1. The molecule has 0 aliphatic carbocycles. The lowest BCUT2D eigenvalue weighted by Gasteiger charge is -2.16. The zero-order valence-corrected chi connectivity index (χ0v) is 12.3. The Kier molecular flexibility index (Phi) is 3.44. The van der Waals surface area contributed by atoms with Crippen LogP contribution < -0.4 is 0 Å². The Morgan fingerprint density at radius 1 is 1.30 bits per heavy atom. The first-order valence-corrected chi connectivity index (χ1v) is 7.64. The van der Waals surface area contributed by atoms with Gasteiger partial charge in [-0.25, -0.2) is 4.98 Å². The van der Waals surface area contributed by atoms with E-state index >= 15 is 0 Å². The first-order valence-electron chi connectivity index (χ1n) is 6.41. The lowest BCUT2D eigenvalue weighted by molar-refractivity contribution is 0.0747. The van der Waals surface area contributed by atoms with Crippen molar-refractivity contribution in [3.8, 4) is 0 Å². The van der Waals surface area contributed by atoms with Gasteiger partial charge in [0.1, 0.15) is 5.03 Å². The average molecular weight is 285 g/mol. The predicted molar refractivity (Wildman–Crippen MR) is 78.6 cm³/mol. The number of fused-ring (bicyclic) bond motifs is 1. The molecule has 0 N–H and O–H groups in total. The Hall–Kier alpha value is -1.88. The summed E-state index contributed by atoms with van der Waals surface area (Å²) in [7, 11) is 0. The number of aromatic nitrogens is 2. The average Bonchev–Trinajstić information content (AvgIpc) is 2.89. The maximum Gasteiger partial charge on any atom is 0.257 e. The van der Waals surface area contributed by atoms with Crippen LogP contribution in [0.3, 0.4) is 0 Å². The van der Waals surface area contributed by atoms with Crippen molar-refractivity contribution in [2.24, 2.45) is 0 Å². The van der Waals surface area contributed by atoms with E-state index in [4.69, 9.17) is 0 Å². The van der Waals surface area contributed by atoms with E-state index in [2.05, 4.69) is 16.0 Å². The van der Waals surface area contributed by atoms with Crippen molar-refractivity contribution in [2.75, 3.05) is 6.26 Å². The highest BCUT2D eigenvalue weighted by molar-refractivity contribution is 7.98. The first kappa shape index (κ1) is 13.1. The predicted octanol–water partition coefficient (Wildman–Crippen LogP) is 2.66. The smallest absolute Gasteiger partial charge is 0.257 e. The Morgan fingerprint density at radius 3 is 2.90 bits per heavy atom. The largest absolute Gasteiger partial charge is 0.330 e. The molecule has 2 aromatic heterocycles. The number of pyridine rings is 2. The van der Waals surface area contributed by atoms with E-state index in [0.717, 1.165) is 16.3 Å². The number of carbonyl (C=O) groups excluding carboxylic acids is 1. The molecule has 0 bridgehead atoms. The van der Waals surface area contributed by atoms with Crippen LogP contribution in [0, 0.1) is 6.92 Å². The molecule has 0 spiro atoms. The summed E-state index contributed by atoms with van der Waals surface area (Å²) in [6.45, 7) is 3.25. The van der Waals surface area contributed by atoms with Gasteiger partial charge in [-0.2, -0.15) is 0 Å². The van der Waals surface area contributed by atoms with Crippen molar-refractivity contribution in [3.05, 3.63) is 53.0 Å². The lowest BCUT2D eigenvalue weighted by atomic mass is 10.2. The second kappa shape index (κ2) is 5.25. The van der Waals surface area contributed by atoms with Crippen LogP contribution in [0.2, 0.25) is 0 Å². The van der Waals surface area contributed by atoms with Gasteiger partial charge in [0.25, 0.3) is 5.91 Å². The lowest BCUT2D eigenvalue weighted by Crippen LogP contribution is -2.26. The summed E-state index contributed by atoms with van der Waals surface area (Å²) in [5.74, 6) is 0.0382. The Balaban J connectivity index is 1.87. The Labute approximate surface area is 122 Å². The number of aryl methyl sites for hydroxylation is 1. The first-order chi connectivity index (χ1) is 9.69. The molecule has 1 aliphatic rings. The van der Waals surface area contributed by atoms with E-state index < -0.39 is 0 Å². The number of hydrogen-bond acceptors (Lipinski definition) is 4. The van der Waals surface area contributed by atoms with Gasteiger partial charge in [0.2, 0.25) is 0 Å². The van der Waals surface area contributed by atoms with E-state index in [1.807, 2.05) is 36.4 Å². The SMILES string of the molecule is CSc1ncccc1C(=O)N1Cc2cnc(C)cc2C1. The highest BCUT2D eigenvalue weighted by atomic mass is 32.2. The van der Waals surface area contributed by atoms with Crippen LogP contribution in [0.1, 0.15) is 27.2 Å². The van der Waals surface area contributed by atoms with Crippen LogP contribution >= 0.6 is 11.8 Å². The van der Waals surface area contributed by atoms with Gasteiger partial charge in [0, 0.05) is 31.2 Å². The summed E-state index contributed by atoms with van der Waals surface area (Å²) in [4.78, 5) is 23.0. The fourth-order valence-electron chi connectivity index (χ4n) is 2.43. The molecule has 1 amide bonds. The molecule has 0 saturated carbocycles. The quantitative estimate of drug-likeness (QED) is 0.796. The van der Waals surface area contributed by atoms with Crippen LogP contribution in [0.25, 0.3) is 0 Å². The summed E-state index contributed by atoms with van der Waals surface area (Å²) in [5, 5.41) is 0.780. The molecule has 0 aromatic carbocycles. The van der Waals surface area contributed by atoms with Gasteiger partial charge in [-0.3, -0.25) is 9.78 Å². The van der Waals surface area contributed by atoms with Gasteiger partial charge >= 0.3 is 0 Å². The molecule has 102 valence electrons. The van der Waals surface area contributed by atoms with Gasteiger partial charge in [-0.15, -0.1) is 11.8 Å². The standard InChI is InChI=1S/C15H15N3OS/c1-10-6-11-8-18(9-12(11)7-17-10)15(19)13-4-3-5-16-14(13)20-2/h3-7H,8-9H2,1-2H3. The van der Waals surface area contributed by atoms with E-state index in [0.29, 0.717) is 18.7 Å². The third kappa shape index (κ3) is 2.29. The topological polar surface area (TPSA) is 46.1 Å². The van der Waals surface area contributed by atoms with Crippen molar-refractivity contribution in [2.45, 2.75) is 25.0 Å². The fraction of sp³-hybridized carbons (Fsp3) is 0.267. The Morgan fingerprint density at radius 2 is 2.10 bits per heavy atom. The minimum Gasteiger partial charge on any atom is -0.330 e. The normalized spacial score (nSPS) is 13.4. The zero-order valence-electron chi connectivity index (χ0n) is 11.5. The van der Waals surface area contributed by atoms with Crippen molar-refractivity contribution >= 4 is 17.7 Å². The zero-order chi connectivity index (χ0) is 14.1. The minimum absolute atomic E-state index is 0.0382. The van der Waals surface area contributed by atoms with Crippen molar-refractivity contribution < 1.29 is 4.79 Å². The van der Waals surface area contributed by atoms with Crippen LogP contribution in [0.15, 0.2) is 35.6 Å². The number of amides is 1. The van der Waals surface area contributed by atoms with E-state index in [1.165, 1.54) is 17.3 Å². The summed E-state index contributed by atoms with van der Waals surface area (Å²) in [6, 6.07) is 5.71. The maximum absolute atomic E-state index is 12.6. The van der Waals surface area contributed by atoms with Crippen LogP contribution in [0.5, 0.6) is 0 Å². The van der Waals surface area contributed by atoms with Crippen molar-refractivity contribution in [1.82, 2.24) is 14.9 Å². The van der Waals surface area contributed by atoms with E-state index in [-0.39, 0.29) is 5.91 Å². The molecule has 2 aromatic rings. The van der Waals surface area contributed by atoms with Crippen LogP contribution in [-0.2, 0) is 13.1 Å². The van der Waals surface area contributed by atoms with E-state index in [9.17, 15) is 4.79 Å². The monoisotopic (exact) mass is 285 g/mol. The summed E-state index contributed by atoms with van der Waals surface area (Å²) < 4.78 is 0. The number of nitrogens with zero attached hydrogens (tertiary/aromatic N) is 3. The van der Waals surface area contributed by atoms with Crippen molar-refractivity contribution in [1.29, 1.82) is 0 Å². The van der Waals surface area contributed by atoms with Gasteiger partial charge in [-0.1, -0.05) is 0 Å². The molecule has 20 heavy (non-hydrogen) atoms. The van der Waals surface area contributed by atoms with Gasteiger partial charge in [0.15, 0.2) is 0 Å². The molecule has 0 atom stereocenters. The molecule has 0 fully saturated rings. The summed E-state index contributed by atoms with van der Waals surface area (Å²) in [6.07, 6.45) is 5.52. The molecular formula is C15H15N3OS. The fourth-order valence-corrected chi connectivity index (χ4v) is 2.97. The Bertz CT molecular complexity index is 672. The highest BCUT2D eigenvalue weighted by Gasteiger charge is 2.26. The molecule has 0 radical (unpaired) electrons. The number of carbonyl (C=O) groups is 1. The van der Waals surface area contributed by atoms with Gasteiger partial charge < -0.3 is 4.90 Å². The van der Waals surface area contributed by atoms with E-state index in [1.54, 1.807) is 6.20 Å². The molecule has 0 saturated heterocycles. The maximum atomic E-state index is 12.6. The van der Waals surface area contributed by atoms with Crippen LogP contribution in [0.4, 0.5) is 0 Å². The third-order valence-corrected chi connectivity index (χ3v) is 4.14. The number of hydrogen-bond donors (Lipinski definition) is 0. The summed E-state index contributed by atoms with van der Waals surface area (Å²) in [5.41, 5.74) is 4.00. The molecule has 4 nitrogen and oxygen atoms in total. The van der Waals surface area contributed by atoms with Gasteiger partial charge in [0.05, 0.1) is 5.56 Å². The molecule has 1 aliphatic heterocycles. The second-order valence-corrected chi connectivity index (χ2v) is 5.61. The molecule has 3 heterocycles. The van der Waals surface area contributed by atoms with Crippen LogP contribution in [-0.4, -0.2) is 27.0 Å². The third-order valence-electron chi connectivity index (χ3n) is 3.42. The molecule has 5 heteroatoms. The second-order valence-electron chi connectivity index (χ2n) is 4.82.